The van der Waals surface area contributed by atoms with Gasteiger partial charge in [0.15, 0.2) is 0 Å². The SMILES string of the molecule is CC(C)NCC(=O)Nc1ccc(N2CCNC2=O)cc1. The van der Waals surface area contributed by atoms with Crippen LogP contribution in [0.2, 0.25) is 0 Å². The third kappa shape index (κ3) is 3.71. The monoisotopic (exact) mass is 276 g/mol. The Morgan fingerprint density at radius 3 is 2.60 bits per heavy atom. The lowest BCUT2D eigenvalue weighted by Gasteiger charge is -2.15. The molecule has 3 N–H and O–H groups in total. The second kappa shape index (κ2) is 6.38. The normalized spacial score (nSPS) is 14.6. The predicted octanol–water partition coefficient (Wildman–Crippen LogP) is 1.15. The number of carbonyl (C=O) groups is 2. The van der Waals surface area contributed by atoms with Gasteiger partial charge < -0.3 is 16.0 Å². The van der Waals surface area contributed by atoms with Gasteiger partial charge in [-0.15, -0.1) is 0 Å². The number of urea groups is 1. The molecule has 1 fully saturated rings. The highest BCUT2D eigenvalue weighted by molar-refractivity contribution is 5.95. The van der Waals surface area contributed by atoms with Crippen molar-refractivity contribution in [2.24, 2.45) is 0 Å². The molecule has 0 bridgehead atoms. The van der Waals surface area contributed by atoms with Gasteiger partial charge in [-0.05, 0) is 24.3 Å². The molecule has 0 atom stereocenters. The summed E-state index contributed by atoms with van der Waals surface area (Å²) in [5.41, 5.74) is 1.56. The van der Waals surface area contributed by atoms with E-state index in [1.807, 2.05) is 26.0 Å². The molecule has 6 heteroatoms. The van der Waals surface area contributed by atoms with Crippen LogP contribution in [0.4, 0.5) is 16.2 Å². The summed E-state index contributed by atoms with van der Waals surface area (Å²) in [6, 6.07) is 7.45. The highest BCUT2D eigenvalue weighted by Gasteiger charge is 2.20. The van der Waals surface area contributed by atoms with Crippen molar-refractivity contribution < 1.29 is 9.59 Å². The summed E-state index contributed by atoms with van der Waals surface area (Å²) in [6.07, 6.45) is 0. The number of carbonyl (C=O) groups excluding carboxylic acids is 2. The lowest BCUT2D eigenvalue weighted by molar-refractivity contribution is -0.115. The maximum atomic E-state index is 11.7. The Hall–Kier alpha value is -2.08. The maximum absolute atomic E-state index is 11.7. The summed E-state index contributed by atoms with van der Waals surface area (Å²) in [5, 5.41) is 8.61. The molecule has 0 aliphatic carbocycles. The van der Waals surface area contributed by atoms with Crippen LogP contribution >= 0.6 is 0 Å². The summed E-state index contributed by atoms with van der Waals surface area (Å²) in [7, 11) is 0. The second-order valence-corrected chi connectivity index (χ2v) is 5.01. The average molecular weight is 276 g/mol. The third-order valence-electron chi connectivity index (χ3n) is 2.99. The molecule has 1 aromatic rings. The van der Waals surface area contributed by atoms with Crippen LogP contribution in [0.5, 0.6) is 0 Å². The fourth-order valence-electron chi connectivity index (χ4n) is 1.94. The molecule has 1 aliphatic rings. The largest absolute Gasteiger partial charge is 0.336 e. The number of hydrogen-bond donors (Lipinski definition) is 3. The first-order chi connectivity index (χ1) is 9.56. The predicted molar refractivity (Wildman–Crippen MR) is 79.0 cm³/mol. The van der Waals surface area contributed by atoms with E-state index in [1.54, 1.807) is 17.0 Å². The van der Waals surface area contributed by atoms with Crippen molar-refractivity contribution in [2.45, 2.75) is 19.9 Å². The van der Waals surface area contributed by atoms with Gasteiger partial charge in [0.05, 0.1) is 6.54 Å². The molecular formula is C14H20N4O2. The number of nitrogens with zero attached hydrogens (tertiary/aromatic N) is 1. The van der Waals surface area contributed by atoms with E-state index in [1.165, 1.54) is 0 Å². The minimum absolute atomic E-state index is 0.0784. The zero-order valence-corrected chi connectivity index (χ0v) is 11.8. The van der Waals surface area contributed by atoms with Gasteiger partial charge in [0.2, 0.25) is 5.91 Å². The molecular weight excluding hydrogens is 256 g/mol. The smallest absolute Gasteiger partial charge is 0.321 e. The van der Waals surface area contributed by atoms with E-state index < -0.39 is 0 Å². The molecule has 2 rings (SSSR count). The third-order valence-corrected chi connectivity index (χ3v) is 2.99. The van der Waals surface area contributed by atoms with Gasteiger partial charge >= 0.3 is 6.03 Å². The molecule has 0 spiro atoms. The van der Waals surface area contributed by atoms with Crippen LogP contribution in [0.1, 0.15) is 13.8 Å². The number of anilines is 2. The molecule has 1 aliphatic heterocycles. The van der Waals surface area contributed by atoms with Gasteiger partial charge in [-0.25, -0.2) is 4.79 Å². The van der Waals surface area contributed by atoms with Crippen LogP contribution in [0.15, 0.2) is 24.3 Å². The van der Waals surface area contributed by atoms with Crippen LogP contribution in [0, 0.1) is 0 Å². The topological polar surface area (TPSA) is 73.5 Å². The van der Waals surface area contributed by atoms with Crippen molar-refractivity contribution in [3.63, 3.8) is 0 Å². The van der Waals surface area contributed by atoms with Crippen LogP contribution in [0.3, 0.4) is 0 Å². The quantitative estimate of drug-likeness (QED) is 0.755. The molecule has 1 aromatic carbocycles. The molecule has 1 saturated heterocycles. The Morgan fingerprint density at radius 1 is 1.35 bits per heavy atom. The minimum Gasteiger partial charge on any atom is -0.336 e. The maximum Gasteiger partial charge on any atom is 0.321 e. The summed E-state index contributed by atoms with van der Waals surface area (Å²) < 4.78 is 0. The molecule has 0 unspecified atom stereocenters. The number of amides is 3. The summed E-state index contributed by atoms with van der Waals surface area (Å²) in [6.45, 7) is 5.60. The summed E-state index contributed by atoms with van der Waals surface area (Å²) in [4.78, 5) is 24.9. The van der Waals surface area contributed by atoms with E-state index in [4.69, 9.17) is 0 Å². The molecule has 0 aromatic heterocycles. The molecule has 0 saturated carbocycles. The minimum atomic E-state index is -0.0806. The van der Waals surface area contributed by atoms with Gasteiger partial charge in [0.1, 0.15) is 0 Å². The van der Waals surface area contributed by atoms with Crippen molar-refractivity contribution >= 4 is 23.3 Å². The fraction of sp³-hybridized carbons (Fsp3) is 0.429. The molecule has 3 amide bonds. The Balaban J connectivity index is 1.91. The number of hydrogen-bond acceptors (Lipinski definition) is 3. The van der Waals surface area contributed by atoms with Gasteiger partial charge in [-0.1, -0.05) is 13.8 Å². The van der Waals surface area contributed by atoms with Gasteiger partial charge in [0, 0.05) is 30.5 Å². The standard InChI is InChI=1S/C14H20N4O2/c1-10(2)16-9-13(19)17-11-3-5-12(6-4-11)18-8-7-15-14(18)20/h3-6,10,16H,7-9H2,1-2H3,(H,15,20)(H,17,19). The zero-order chi connectivity index (χ0) is 14.5. The van der Waals surface area contributed by atoms with E-state index in [0.29, 0.717) is 13.1 Å². The summed E-state index contributed by atoms with van der Waals surface area (Å²) >= 11 is 0. The van der Waals surface area contributed by atoms with Crippen LogP contribution < -0.4 is 20.9 Å². The highest BCUT2D eigenvalue weighted by Crippen LogP contribution is 2.19. The average Bonchev–Trinajstić information content (AvgIpc) is 2.84. The lowest BCUT2D eigenvalue weighted by Crippen LogP contribution is -2.32. The number of rotatable bonds is 5. The van der Waals surface area contributed by atoms with E-state index in [9.17, 15) is 9.59 Å². The van der Waals surface area contributed by atoms with Crippen LogP contribution in [0.25, 0.3) is 0 Å². The van der Waals surface area contributed by atoms with Crippen molar-refractivity contribution in [1.29, 1.82) is 0 Å². The number of benzene rings is 1. The van der Waals surface area contributed by atoms with Gasteiger partial charge in [-0.2, -0.15) is 0 Å². The molecule has 0 radical (unpaired) electrons. The Labute approximate surface area is 118 Å². The Kier molecular flexibility index (Phi) is 4.57. The van der Waals surface area contributed by atoms with E-state index in [2.05, 4.69) is 16.0 Å². The van der Waals surface area contributed by atoms with Crippen molar-refractivity contribution in [3.8, 4) is 0 Å². The van der Waals surface area contributed by atoms with Gasteiger partial charge in [0.25, 0.3) is 0 Å². The Bertz CT molecular complexity index is 484. The van der Waals surface area contributed by atoms with Crippen molar-refractivity contribution in [1.82, 2.24) is 10.6 Å². The van der Waals surface area contributed by atoms with Crippen molar-refractivity contribution in [2.75, 3.05) is 29.9 Å². The number of nitrogens with one attached hydrogen (secondary N) is 3. The Morgan fingerprint density at radius 2 is 2.05 bits per heavy atom. The fourth-order valence-corrected chi connectivity index (χ4v) is 1.94. The molecule has 20 heavy (non-hydrogen) atoms. The van der Waals surface area contributed by atoms with Crippen LogP contribution in [-0.2, 0) is 4.79 Å². The second-order valence-electron chi connectivity index (χ2n) is 5.01. The zero-order valence-electron chi connectivity index (χ0n) is 11.8. The first kappa shape index (κ1) is 14.3. The lowest BCUT2D eigenvalue weighted by atomic mass is 10.2. The van der Waals surface area contributed by atoms with E-state index in [0.717, 1.165) is 11.4 Å². The van der Waals surface area contributed by atoms with Crippen molar-refractivity contribution in [3.05, 3.63) is 24.3 Å². The van der Waals surface area contributed by atoms with Gasteiger partial charge in [-0.3, -0.25) is 9.69 Å². The molecule has 108 valence electrons. The first-order valence-corrected chi connectivity index (χ1v) is 6.75. The highest BCUT2D eigenvalue weighted by atomic mass is 16.2. The van der Waals surface area contributed by atoms with E-state index in [-0.39, 0.29) is 24.5 Å². The van der Waals surface area contributed by atoms with Crippen LogP contribution in [-0.4, -0.2) is 37.6 Å². The molecule has 6 nitrogen and oxygen atoms in total. The first-order valence-electron chi connectivity index (χ1n) is 6.75. The summed E-state index contributed by atoms with van der Waals surface area (Å²) in [5.74, 6) is -0.0784. The van der Waals surface area contributed by atoms with E-state index >= 15 is 0 Å². The molecule has 1 heterocycles.